The van der Waals surface area contributed by atoms with Crippen LogP contribution in [-0.2, 0) is 42.6 Å². The Morgan fingerprint density at radius 3 is 0.733 bits per heavy atom. The fourth-order valence-corrected chi connectivity index (χ4v) is 2.80. The van der Waals surface area contributed by atoms with E-state index in [2.05, 4.69) is 32.7 Å². The highest BCUT2D eigenvalue weighted by molar-refractivity contribution is 5.09. The van der Waals surface area contributed by atoms with Crippen LogP contribution in [-0.4, -0.2) is 154 Å². The number of rotatable bonds is 33. The summed E-state index contributed by atoms with van der Waals surface area (Å²) >= 11 is 0. The summed E-state index contributed by atoms with van der Waals surface area (Å²) in [5.41, 5.74) is 0. The van der Waals surface area contributed by atoms with Crippen LogP contribution in [0.25, 0.3) is 0 Å². The van der Waals surface area contributed by atoms with Crippen LogP contribution in [0.2, 0.25) is 0 Å². The molecule has 0 fully saturated rings. The van der Waals surface area contributed by atoms with E-state index in [1.54, 1.807) is 0 Å². The van der Waals surface area contributed by atoms with Crippen LogP contribution in [0.5, 0.6) is 18.0 Å². The van der Waals surface area contributed by atoms with E-state index in [1.807, 2.05) is 0 Å². The first kappa shape index (κ1) is 39.8. The van der Waals surface area contributed by atoms with Crippen LogP contribution in [0.15, 0.2) is 0 Å². The summed E-state index contributed by atoms with van der Waals surface area (Å²) < 4.78 is 64.8. The lowest BCUT2D eigenvalue weighted by molar-refractivity contribution is 0.0115. The van der Waals surface area contributed by atoms with Gasteiger partial charge in [-0.3, -0.25) is 0 Å². The average Bonchev–Trinajstić information content (AvgIpc) is 3.05. The predicted molar refractivity (Wildman–Crippen MR) is 160 cm³/mol. The highest BCUT2D eigenvalue weighted by Crippen LogP contribution is 2.14. The lowest BCUT2D eigenvalue weighted by atomic mass is 10.7. The van der Waals surface area contributed by atoms with Crippen molar-refractivity contribution in [3.05, 3.63) is 0 Å². The van der Waals surface area contributed by atoms with Gasteiger partial charge in [-0.15, -0.1) is 34.2 Å². The summed E-state index contributed by atoms with van der Waals surface area (Å²) in [5, 5.41) is 0. The van der Waals surface area contributed by atoms with E-state index in [1.165, 1.54) is 0 Å². The molecular weight excluding hydrogens is 594 g/mol. The first-order valence-corrected chi connectivity index (χ1v) is 14.4. The van der Waals surface area contributed by atoms with Crippen molar-refractivity contribution in [2.24, 2.45) is 0 Å². The number of aromatic nitrogens is 3. The summed E-state index contributed by atoms with van der Waals surface area (Å²) in [7, 11) is 0. The molecule has 0 saturated heterocycles. The molecule has 0 spiro atoms. The number of terminal acetylenes is 3. The van der Waals surface area contributed by atoms with Gasteiger partial charge in [0.25, 0.3) is 0 Å². The Balaban J connectivity index is 2.35. The molecule has 0 N–H and O–H groups in total. The molecule has 0 unspecified atom stereocenters. The second kappa shape index (κ2) is 32.1. The van der Waals surface area contributed by atoms with E-state index in [9.17, 15) is 0 Å². The topological polar surface area (TPSA) is 149 Å². The molecule has 45 heavy (non-hydrogen) atoms. The Labute approximate surface area is 265 Å². The van der Waals surface area contributed by atoms with Gasteiger partial charge in [-0.2, -0.15) is 0 Å². The minimum atomic E-state index is 0.0169. The minimum Gasteiger partial charge on any atom is -0.461 e. The maximum absolute atomic E-state index is 5.61. The van der Waals surface area contributed by atoms with E-state index >= 15 is 0 Å². The summed E-state index contributed by atoms with van der Waals surface area (Å²) in [4.78, 5) is 12.5. The monoisotopic (exact) mass is 639 g/mol. The Hall–Kier alpha value is -3.27. The maximum atomic E-state index is 5.61. The van der Waals surface area contributed by atoms with Gasteiger partial charge in [0.1, 0.15) is 39.6 Å². The number of nitrogens with zero attached hydrogens (tertiary/aromatic N) is 3. The van der Waals surface area contributed by atoms with Gasteiger partial charge in [-0.25, -0.2) is 0 Å². The molecule has 0 amide bonds. The van der Waals surface area contributed by atoms with E-state index in [0.717, 1.165) is 0 Å². The van der Waals surface area contributed by atoms with Crippen molar-refractivity contribution in [2.75, 3.05) is 139 Å². The van der Waals surface area contributed by atoms with Crippen LogP contribution < -0.4 is 14.2 Å². The second-order valence-corrected chi connectivity index (χ2v) is 8.17. The standard InChI is InChI=1S/C30H45N3O12/c1-4-7-34-10-13-37-16-19-40-22-25-43-28-31-29(44-26-23-41-20-17-38-14-11-35-8-5-2)33-30(32-28)45-27-24-42-21-18-39-15-12-36-9-6-3/h1-3H,7-27H2. The molecule has 15 heteroatoms. The average molecular weight is 640 g/mol. The molecule has 0 saturated carbocycles. The molecule has 0 bridgehead atoms. The van der Waals surface area contributed by atoms with Crippen molar-refractivity contribution >= 4 is 0 Å². The van der Waals surface area contributed by atoms with Gasteiger partial charge in [-0.1, -0.05) is 17.8 Å². The Morgan fingerprint density at radius 2 is 0.511 bits per heavy atom. The van der Waals surface area contributed by atoms with Crippen molar-refractivity contribution in [3.63, 3.8) is 0 Å². The zero-order chi connectivity index (χ0) is 32.3. The molecule has 0 aromatic carbocycles. The van der Waals surface area contributed by atoms with Crippen LogP contribution in [0.4, 0.5) is 0 Å². The molecular formula is C30H45N3O12. The SMILES string of the molecule is C#CCOCCOCCOCCOc1nc(OCCOCCOCCOCC#C)nc(OCCOCCOCCOCC#C)n1. The Morgan fingerprint density at radius 1 is 0.311 bits per heavy atom. The largest absolute Gasteiger partial charge is 0.461 e. The van der Waals surface area contributed by atoms with Gasteiger partial charge in [0.2, 0.25) is 0 Å². The van der Waals surface area contributed by atoms with Gasteiger partial charge in [-0.05, 0) is 0 Å². The van der Waals surface area contributed by atoms with E-state index < -0.39 is 0 Å². The molecule has 1 aromatic heterocycles. The highest BCUT2D eigenvalue weighted by atomic mass is 16.6. The van der Waals surface area contributed by atoms with Crippen LogP contribution in [0, 0.1) is 37.0 Å². The third-order valence-corrected chi connectivity index (χ3v) is 4.74. The quantitative estimate of drug-likeness (QED) is 0.0753. The Bertz CT molecular complexity index is 820. The Kier molecular flexibility index (Phi) is 28.4. The molecule has 0 aliphatic carbocycles. The third-order valence-electron chi connectivity index (χ3n) is 4.74. The lowest BCUT2D eigenvalue weighted by Gasteiger charge is -2.11. The number of ether oxygens (including phenoxy) is 12. The fourth-order valence-electron chi connectivity index (χ4n) is 2.80. The van der Waals surface area contributed by atoms with Crippen LogP contribution in [0.1, 0.15) is 0 Å². The van der Waals surface area contributed by atoms with Gasteiger partial charge < -0.3 is 56.8 Å². The number of hydrogen-bond acceptors (Lipinski definition) is 15. The van der Waals surface area contributed by atoms with Gasteiger partial charge >= 0.3 is 18.0 Å². The highest BCUT2D eigenvalue weighted by Gasteiger charge is 2.11. The van der Waals surface area contributed by atoms with Gasteiger partial charge in [0.05, 0.1) is 99.1 Å². The van der Waals surface area contributed by atoms with E-state index in [0.29, 0.717) is 79.3 Å². The molecule has 0 radical (unpaired) electrons. The molecule has 1 aromatic rings. The van der Waals surface area contributed by atoms with Crippen molar-refractivity contribution in [3.8, 4) is 55.1 Å². The van der Waals surface area contributed by atoms with E-state index in [4.69, 9.17) is 76.1 Å². The maximum Gasteiger partial charge on any atom is 0.325 e. The first-order valence-electron chi connectivity index (χ1n) is 14.4. The molecule has 15 nitrogen and oxygen atoms in total. The van der Waals surface area contributed by atoms with Crippen LogP contribution >= 0.6 is 0 Å². The molecule has 0 aliphatic heterocycles. The number of hydrogen-bond donors (Lipinski definition) is 0. The van der Waals surface area contributed by atoms with Crippen molar-refractivity contribution in [1.29, 1.82) is 0 Å². The van der Waals surface area contributed by atoms with Crippen molar-refractivity contribution in [1.82, 2.24) is 15.0 Å². The predicted octanol–water partition coefficient (Wildman–Crippen LogP) is 0.0570. The molecule has 0 aliphatic rings. The summed E-state index contributed by atoms with van der Waals surface area (Å²) in [6, 6.07) is 0.0507. The van der Waals surface area contributed by atoms with Crippen molar-refractivity contribution < 1.29 is 56.8 Å². The fraction of sp³-hybridized carbons (Fsp3) is 0.700. The molecule has 252 valence electrons. The molecule has 1 rings (SSSR count). The molecule has 0 atom stereocenters. The zero-order valence-electron chi connectivity index (χ0n) is 25.8. The first-order chi connectivity index (χ1) is 22.3. The van der Waals surface area contributed by atoms with Gasteiger partial charge in [0, 0.05) is 0 Å². The normalized spacial score (nSPS) is 10.6. The summed E-state index contributed by atoms with van der Waals surface area (Å²) in [6.07, 6.45) is 15.3. The third kappa shape index (κ3) is 26.8. The van der Waals surface area contributed by atoms with Gasteiger partial charge in [0.15, 0.2) is 0 Å². The summed E-state index contributed by atoms with van der Waals surface area (Å²) in [6.45, 7) is 7.14. The van der Waals surface area contributed by atoms with E-state index in [-0.39, 0.29) is 77.5 Å². The zero-order valence-corrected chi connectivity index (χ0v) is 25.8. The minimum absolute atomic E-state index is 0.0169. The lowest BCUT2D eigenvalue weighted by Crippen LogP contribution is -2.16. The second-order valence-electron chi connectivity index (χ2n) is 8.17. The smallest absolute Gasteiger partial charge is 0.325 e. The van der Waals surface area contributed by atoms with Crippen LogP contribution in [0.3, 0.4) is 0 Å². The molecule has 1 heterocycles. The van der Waals surface area contributed by atoms with Crippen molar-refractivity contribution in [2.45, 2.75) is 0 Å². The summed E-state index contributed by atoms with van der Waals surface area (Å²) in [5.74, 6) is 7.16.